The summed E-state index contributed by atoms with van der Waals surface area (Å²) >= 11 is 0. The molecular formula is C20H25N3O. The van der Waals surface area contributed by atoms with Crippen molar-refractivity contribution in [2.24, 2.45) is 0 Å². The van der Waals surface area contributed by atoms with Crippen LogP contribution >= 0.6 is 0 Å². The van der Waals surface area contributed by atoms with E-state index in [2.05, 4.69) is 21.3 Å². The fourth-order valence-electron chi connectivity index (χ4n) is 2.37. The SMILES string of the molecule is CN(C)Cc1cccc(NC(=O)CCc2cccccc[nH]c2)c1. The van der Waals surface area contributed by atoms with Gasteiger partial charge in [-0.2, -0.15) is 0 Å². The third-order valence-corrected chi connectivity index (χ3v) is 3.46. The van der Waals surface area contributed by atoms with Crippen molar-refractivity contribution < 1.29 is 4.79 Å². The van der Waals surface area contributed by atoms with Crippen molar-refractivity contribution >= 4 is 11.6 Å². The number of hydrogen-bond donors (Lipinski definition) is 2. The normalized spacial score (nSPS) is 10.3. The van der Waals surface area contributed by atoms with Gasteiger partial charge in [0, 0.05) is 31.0 Å². The van der Waals surface area contributed by atoms with Gasteiger partial charge in [-0.1, -0.05) is 36.4 Å². The summed E-state index contributed by atoms with van der Waals surface area (Å²) in [7, 11) is 4.06. The molecular weight excluding hydrogens is 298 g/mol. The van der Waals surface area contributed by atoms with Gasteiger partial charge >= 0.3 is 0 Å². The molecule has 2 N–H and O–H groups in total. The van der Waals surface area contributed by atoms with E-state index in [-0.39, 0.29) is 5.91 Å². The van der Waals surface area contributed by atoms with E-state index in [4.69, 9.17) is 0 Å². The van der Waals surface area contributed by atoms with Gasteiger partial charge in [-0.25, -0.2) is 0 Å². The largest absolute Gasteiger partial charge is 0.367 e. The molecule has 0 fully saturated rings. The van der Waals surface area contributed by atoms with Crippen LogP contribution in [0.1, 0.15) is 17.5 Å². The number of rotatable bonds is 6. The lowest BCUT2D eigenvalue weighted by atomic mass is 10.1. The Hall–Kier alpha value is -2.59. The first kappa shape index (κ1) is 17.8. The second-order valence-corrected chi connectivity index (χ2v) is 5.98. The minimum absolute atomic E-state index is 0.0252. The molecule has 1 aromatic carbocycles. The number of benzene rings is 1. The van der Waals surface area contributed by atoms with Crippen molar-refractivity contribution in [3.8, 4) is 0 Å². The number of aromatic amines is 1. The maximum Gasteiger partial charge on any atom is 0.224 e. The summed E-state index contributed by atoms with van der Waals surface area (Å²) in [5.41, 5.74) is 3.12. The van der Waals surface area contributed by atoms with E-state index in [9.17, 15) is 4.79 Å². The van der Waals surface area contributed by atoms with Crippen LogP contribution in [0, 0.1) is 0 Å². The van der Waals surface area contributed by atoms with Gasteiger partial charge in [-0.05, 0) is 49.8 Å². The summed E-state index contributed by atoms with van der Waals surface area (Å²) in [5.74, 6) is 0.0252. The van der Waals surface area contributed by atoms with Crippen LogP contribution in [-0.4, -0.2) is 29.9 Å². The highest BCUT2D eigenvalue weighted by molar-refractivity contribution is 5.90. The molecule has 0 spiro atoms. The molecule has 1 heterocycles. The molecule has 0 atom stereocenters. The fourth-order valence-corrected chi connectivity index (χ4v) is 2.37. The molecule has 4 heteroatoms. The number of carbonyl (C=O) groups excluding carboxylic acids is 1. The molecule has 0 saturated heterocycles. The molecule has 1 amide bonds. The molecule has 0 unspecified atom stereocenters. The van der Waals surface area contributed by atoms with E-state index in [1.165, 1.54) is 5.56 Å². The lowest BCUT2D eigenvalue weighted by Crippen LogP contribution is -2.14. The molecule has 0 bridgehead atoms. The van der Waals surface area contributed by atoms with Crippen LogP contribution in [0.5, 0.6) is 0 Å². The summed E-state index contributed by atoms with van der Waals surface area (Å²) in [6.45, 7) is 0.855. The molecule has 2 rings (SSSR count). The summed E-state index contributed by atoms with van der Waals surface area (Å²) in [6.07, 6.45) is 4.92. The minimum Gasteiger partial charge on any atom is -0.367 e. The van der Waals surface area contributed by atoms with Crippen LogP contribution in [0.4, 0.5) is 5.69 Å². The van der Waals surface area contributed by atoms with E-state index in [1.54, 1.807) is 0 Å². The van der Waals surface area contributed by atoms with Gasteiger partial charge in [0.1, 0.15) is 0 Å². The highest BCUT2D eigenvalue weighted by atomic mass is 16.1. The van der Waals surface area contributed by atoms with Gasteiger partial charge in [0.15, 0.2) is 0 Å². The number of hydrogen-bond acceptors (Lipinski definition) is 2. The quantitative estimate of drug-likeness (QED) is 0.850. The molecule has 0 radical (unpaired) electrons. The third-order valence-electron chi connectivity index (χ3n) is 3.46. The van der Waals surface area contributed by atoms with E-state index >= 15 is 0 Å². The van der Waals surface area contributed by atoms with Gasteiger partial charge in [0.2, 0.25) is 5.91 Å². The first-order chi connectivity index (χ1) is 11.6. The zero-order chi connectivity index (χ0) is 17.2. The van der Waals surface area contributed by atoms with Crippen molar-refractivity contribution in [1.29, 1.82) is 0 Å². The summed E-state index contributed by atoms with van der Waals surface area (Å²) in [6, 6.07) is 17.8. The number of anilines is 1. The van der Waals surface area contributed by atoms with E-state index in [1.807, 2.05) is 75.0 Å². The van der Waals surface area contributed by atoms with Gasteiger partial charge in [-0.15, -0.1) is 0 Å². The summed E-state index contributed by atoms with van der Waals surface area (Å²) in [5, 5.41) is 2.98. The first-order valence-electron chi connectivity index (χ1n) is 8.12. The zero-order valence-corrected chi connectivity index (χ0v) is 14.3. The van der Waals surface area contributed by atoms with Crippen molar-refractivity contribution in [1.82, 2.24) is 9.88 Å². The predicted molar refractivity (Wildman–Crippen MR) is 99.2 cm³/mol. The van der Waals surface area contributed by atoms with Gasteiger partial charge in [-0.3, -0.25) is 4.79 Å². The van der Waals surface area contributed by atoms with Gasteiger partial charge in [0.05, 0.1) is 0 Å². The Kier molecular flexibility index (Phi) is 7.05. The van der Waals surface area contributed by atoms with Crippen LogP contribution in [0.3, 0.4) is 0 Å². The Balaban J connectivity index is 1.93. The number of nitrogens with one attached hydrogen (secondary N) is 2. The molecule has 0 aliphatic carbocycles. The topological polar surface area (TPSA) is 48.1 Å². The molecule has 4 nitrogen and oxygen atoms in total. The first-order valence-corrected chi connectivity index (χ1v) is 8.12. The third kappa shape index (κ3) is 6.67. The van der Waals surface area contributed by atoms with E-state index < -0.39 is 0 Å². The van der Waals surface area contributed by atoms with Crippen molar-refractivity contribution in [3.63, 3.8) is 0 Å². The van der Waals surface area contributed by atoms with Crippen molar-refractivity contribution in [2.45, 2.75) is 19.4 Å². The van der Waals surface area contributed by atoms with Gasteiger partial charge < -0.3 is 15.2 Å². The Labute approximate surface area is 143 Å². The molecule has 1 aromatic heterocycles. The molecule has 2 aromatic rings. The Bertz CT molecular complexity index is 681. The van der Waals surface area contributed by atoms with Crippen LogP contribution in [0.25, 0.3) is 0 Å². The Morgan fingerprint density at radius 2 is 1.83 bits per heavy atom. The molecule has 0 aliphatic heterocycles. The number of aromatic nitrogens is 1. The van der Waals surface area contributed by atoms with Crippen LogP contribution in [0.2, 0.25) is 0 Å². The Morgan fingerprint density at radius 1 is 1.04 bits per heavy atom. The van der Waals surface area contributed by atoms with Crippen LogP contribution in [-0.2, 0) is 17.8 Å². The maximum absolute atomic E-state index is 12.2. The van der Waals surface area contributed by atoms with E-state index in [0.29, 0.717) is 12.8 Å². The number of aryl methyl sites for hydroxylation is 1. The molecule has 24 heavy (non-hydrogen) atoms. The second-order valence-electron chi connectivity index (χ2n) is 5.98. The number of nitrogens with zero attached hydrogens (tertiary/aromatic N) is 1. The zero-order valence-electron chi connectivity index (χ0n) is 14.3. The van der Waals surface area contributed by atoms with Crippen LogP contribution in [0.15, 0.2) is 67.0 Å². The smallest absolute Gasteiger partial charge is 0.224 e. The van der Waals surface area contributed by atoms with Gasteiger partial charge in [0.25, 0.3) is 0 Å². The van der Waals surface area contributed by atoms with Crippen molar-refractivity contribution in [2.75, 3.05) is 19.4 Å². The predicted octanol–water partition coefficient (Wildman–Crippen LogP) is 3.77. The second kappa shape index (κ2) is 9.53. The fraction of sp³-hybridized carbons (Fsp3) is 0.250. The highest BCUT2D eigenvalue weighted by Crippen LogP contribution is 2.12. The number of amides is 1. The molecule has 126 valence electrons. The summed E-state index contributed by atoms with van der Waals surface area (Å²) in [4.78, 5) is 17.4. The monoisotopic (exact) mass is 323 g/mol. The number of H-pyrrole nitrogens is 1. The number of carbonyl (C=O) groups is 1. The molecule has 0 aliphatic rings. The maximum atomic E-state index is 12.2. The highest BCUT2D eigenvalue weighted by Gasteiger charge is 2.04. The Morgan fingerprint density at radius 3 is 2.67 bits per heavy atom. The van der Waals surface area contributed by atoms with Crippen LogP contribution < -0.4 is 5.32 Å². The minimum atomic E-state index is 0.0252. The lowest BCUT2D eigenvalue weighted by Gasteiger charge is -2.11. The van der Waals surface area contributed by atoms with Crippen molar-refractivity contribution in [3.05, 3.63) is 78.1 Å². The average Bonchev–Trinajstić information content (AvgIpc) is 2.66. The van der Waals surface area contributed by atoms with E-state index in [0.717, 1.165) is 17.8 Å². The average molecular weight is 323 g/mol. The summed E-state index contributed by atoms with van der Waals surface area (Å²) < 4.78 is 0. The standard InChI is InChI=1S/C20H25N3O/c1-23(2)16-18-9-7-10-19(14-18)22-20(24)12-11-17-8-5-3-4-6-13-21-15-17/h3-10,13-15,21H,11-12,16H2,1-2H3,(H,22,24). The lowest BCUT2D eigenvalue weighted by molar-refractivity contribution is -0.116. The molecule has 0 saturated carbocycles.